The standard InChI is InChI=1S/C16H16BrNO3/c1-2-21-14-9-3-11(4-10-14)15(16(19)20)18-13-7-5-12(17)6-8-13/h3-10,15,18H,2H2,1H3,(H,19,20). The Morgan fingerprint density at radius 3 is 2.33 bits per heavy atom. The Morgan fingerprint density at radius 2 is 1.81 bits per heavy atom. The lowest BCUT2D eigenvalue weighted by atomic mass is 10.1. The molecule has 4 nitrogen and oxygen atoms in total. The van der Waals surface area contributed by atoms with Crippen molar-refractivity contribution in [3.05, 3.63) is 58.6 Å². The number of rotatable bonds is 6. The highest BCUT2D eigenvalue weighted by molar-refractivity contribution is 9.10. The fourth-order valence-electron chi connectivity index (χ4n) is 1.92. The first-order valence-electron chi connectivity index (χ1n) is 6.58. The van der Waals surface area contributed by atoms with Crippen LogP contribution in [0.3, 0.4) is 0 Å². The van der Waals surface area contributed by atoms with Gasteiger partial charge in [0.25, 0.3) is 0 Å². The van der Waals surface area contributed by atoms with Crippen LogP contribution >= 0.6 is 15.9 Å². The lowest BCUT2D eigenvalue weighted by Gasteiger charge is -2.16. The normalized spacial score (nSPS) is 11.7. The Labute approximate surface area is 131 Å². The van der Waals surface area contributed by atoms with E-state index in [0.717, 1.165) is 15.9 Å². The third-order valence-corrected chi connectivity index (χ3v) is 3.46. The van der Waals surface area contributed by atoms with Gasteiger partial charge in [0.2, 0.25) is 0 Å². The first-order valence-corrected chi connectivity index (χ1v) is 7.37. The maximum Gasteiger partial charge on any atom is 0.330 e. The second-order valence-corrected chi connectivity index (χ2v) is 5.34. The van der Waals surface area contributed by atoms with Crippen LogP contribution in [0.25, 0.3) is 0 Å². The van der Waals surface area contributed by atoms with Gasteiger partial charge in [-0.15, -0.1) is 0 Å². The maximum absolute atomic E-state index is 11.5. The number of hydrogen-bond donors (Lipinski definition) is 2. The third kappa shape index (κ3) is 4.23. The van der Waals surface area contributed by atoms with Crippen LogP contribution in [0.5, 0.6) is 5.75 Å². The van der Waals surface area contributed by atoms with Crippen molar-refractivity contribution in [2.75, 3.05) is 11.9 Å². The molecule has 2 rings (SSSR count). The van der Waals surface area contributed by atoms with Crippen LogP contribution in [-0.4, -0.2) is 17.7 Å². The fourth-order valence-corrected chi connectivity index (χ4v) is 2.19. The van der Waals surface area contributed by atoms with Crippen LogP contribution in [0.1, 0.15) is 18.5 Å². The van der Waals surface area contributed by atoms with Crippen molar-refractivity contribution in [1.82, 2.24) is 0 Å². The van der Waals surface area contributed by atoms with Crippen molar-refractivity contribution in [2.24, 2.45) is 0 Å². The van der Waals surface area contributed by atoms with Gasteiger partial charge in [0, 0.05) is 10.2 Å². The first-order chi connectivity index (χ1) is 10.1. The number of halogens is 1. The summed E-state index contributed by atoms with van der Waals surface area (Å²) in [7, 11) is 0. The molecule has 2 N–H and O–H groups in total. The summed E-state index contributed by atoms with van der Waals surface area (Å²) in [4.78, 5) is 11.5. The van der Waals surface area contributed by atoms with E-state index in [1.165, 1.54) is 0 Å². The van der Waals surface area contributed by atoms with Gasteiger partial charge in [-0.1, -0.05) is 28.1 Å². The lowest BCUT2D eigenvalue weighted by Crippen LogP contribution is -2.20. The molecule has 0 radical (unpaired) electrons. The molecular weight excluding hydrogens is 334 g/mol. The van der Waals surface area contributed by atoms with Crippen LogP contribution in [0, 0.1) is 0 Å². The molecular formula is C16H16BrNO3. The Morgan fingerprint density at radius 1 is 1.19 bits per heavy atom. The topological polar surface area (TPSA) is 58.6 Å². The number of anilines is 1. The maximum atomic E-state index is 11.5. The van der Waals surface area contributed by atoms with E-state index in [4.69, 9.17) is 4.74 Å². The third-order valence-electron chi connectivity index (χ3n) is 2.93. The summed E-state index contributed by atoms with van der Waals surface area (Å²) in [6.07, 6.45) is 0. The molecule has 21 heavy (non-hydrogen) atoms. The van der Waals surface area contributed by atoms with Crippen molar-refractivity contribution < 1.29 is 14.6 Å². The molecule has 0 amide bonds. The van der Waals surface area contributed by atoms with Crippen molar-refractivity contribution in [3.63, 3.8) is 0 Å². The number of ether oxygens (including phenoxy) is 1. The number of carboxylic acids is 1. The zero-order chi connectivity index (χ0) is 15.2. The number of aliphatic carboxylic acids is 1. The van der Waals surface area contributed by atoms with Gasteiger partial charge in [0.05, 0.1) is 6.61 Å². The van der Waals surface area contributed by atoms with Crippen molar-refractivity contribution >= 4 is 27.6 Å². The molecule has 0 heterocycles. The van der Waals surface area contributed by atoms with Gasteiger partial charge in [-0.05, 0) is 48.9 Å². The second-order valence-electron chi connectivity index (χ2n) is 4.42. The zero-order valence-corrected chi connectivity index (χ0v) is 13.1. The van der Waals surface area contributed by atoms with E-state index in [9.17, 15) is 9.90 Å². The Bertz CT molecular complexity index is 596. The average Bonchev–Trinajstić information content (AvgIpc) is 2.48. The van der Waals surface area contributed by atoms with Crippen molar-refractivity contribution in [2.45, 2.75) is 13.0 Å². The SMILES string of the molecule is CCOc1ccc(C(Nc2ccc(Br)cc2)C(=O)O)cc1. The van der Waals surface area contributed by atoms with Crippen LogP contribution in [0.2, 0.25) is 0 Å². The van der Waals surface area contributed by atoms with E-state index >= 15 is 0 Å². The summed E-state index contributed by atoms with van der Waals surface area (Å²) < 4.78 is 6.30. The van der Waals surface area contributed by atoms with E-state index in [0.29, 0.717) is 12.2 Å². The number of carbonyl (C=O) groups is 1. The second kappa shape index (κ2) is 7.13. The number of benzene rings is 2. The fraction of sp³-hybridized carbons (Fsp3) is 0.188. The van der Waals surface area contributed by atoms with Gasteiger partial charge in [-0.3, -0.25) is 0 Å². The lowest BCUT2D eigenvalue weighted by molar-refractivity contribution is -0.138. The van der Waals surface area contributed by atoms with E-state index in [2.05, 4.69) is 21.2 Å². The number of nitrogens with one attached hydrogen (secondary N) is 1. The summed E-state index contributed by atoms with van der Waals surface area (Å²) >= 11 is 3.35. The van der Waals surface area contributed by atoms with E-state index in [1.807, 2.05) is 31.2 Å². The van der Waals surface area contributed by atoms with E-state index < -0.39 is 12.0 Å². The van der Waals surface area contributed by atoms with Gasteiger partial charge < -0.3 is 15.2 Å². The molecule has 5 heteroatoms. The quantitative estimate of drug-likeness (QED) is 0.824. The molecule has 0 saturated carbocycles. The minimum absolute atomic E-state index is 0.582. The molecule has 1 atom stereocenters. The molecule has 0 aliphatic carbocycles. The van der Waals surface area contributed by atoms with E-state index in [1.54, 1.807) is 24.3 Å². The summed E-state index contributed by atoms with van der Waals surface area (Å²) in [5, 5.41) is 12.4. The van der Waals surface area contributed by atoms with Gasteiger partial charge in [0.1, 0.15) is 5.75 Å². The average molecular weight is 350 g/mol. The van der Waals surface area contributed by atoms with Crippen LogP contribution in [0.4, 0.5) is 5.69 Å². The monoisotopic (exact) mass is 349 g/mol. The van der Waals surface area contributed by atoms with Crippen LogP contribution in [-0.2, 0) is 4.79 Å². The summed E-state index contributed by atoms with van der Waals surface area (Å²) in [5.41, 5.74) is 1.42. The van der Waals surface area contributed by atoms with Gasteiger partial charge >= 0.3 is 5.97 Å². The smallest absolute Gasteiger partial charge is 0.330 e. The van der Waals surface area contributed by atoms with Crippen LogP contribution in [0.15, 0.2) is 53.0 Å². The number of carboxylic acid groups (broad SMARTS) is 1. The predicted octanol–water partition coefficient (Wildman–Crippen LogP) is 4.09. The highest BCUT2D eigenvalue weighted by Crippen LogP contribution is 2.23. The van der Waals surface area contributed by atoms with Crippen LogP contribution < -0.4 is 10.1 Å². The minimum Gasteiger partial charge on any atom is -0.494 e. The van der Waals surface area contributed by atoms with E-state index in [-0.39, 0.29) is 0 Å². The predicted molar refractivity (Wildman–Crippen MR) is 85.8 cm³/mol. The first kappa shape index (κ1) is 15.4. The minimum atomic E-state index is -0.929. The summed E-state index contributed by atoms with van der Waals surface area (Å²) in [5.74, 6) is -0.198. The molecule has 110 valence electrons. The molecule has 1 unspecified atom stereocenters. The van der Waals surface area contributed by atoms with Crippen molar-refractivity contribution in [3.8, 4) is 5.75 Å². The molecule has 0 aliphatic heterocycles. The van der Waals surface area contributed by atoms with Gasteiger partial charge in [-0.2, -0.15) is 0 Å². The van der Waals surface area contributed by atoms with Crippen molar-refractivity contribution in [1.29, 1.82) is 0 Å². The number of hydrogen-bond acceptors (Lipinski definition) is 3. The molecule has 0 aromatic heterocycles. The Balaban J connectivity index is 2.18. The van der Waals surface area contributed by atoms with Gasteiger partial charge in [0.15, 0.2) is 6.04 Å². The van der Waals surface area contributed by atoms with Gasteiger partial charge in [-0.25, -0.2) is 4.79 Å². The highest BCUT2D eigenvalue weighted by atomic mass is 79.9. The Kier molecular flexibility index (Phi) is 5.22. The Hall–Kier alpha value is -2.01. The molecule has 0 aliphatic rings. The molecule has 2 aromatic carbocycles. The summed E-state index contributed by atoms with van der Waals surface area (Å²) in [6.45, 7) is 2.49. The highest BCUT2D eigenvalue weighted by Gasteiger charge is 2.19. The molecule has 0 bridgehead atoms. The molecule has 0 spiro atoms. The molecule has 2 aromatic rings. The molecule has 0 fully saturated rings. The summed E-state index contributed by atoms with van der Waals surface area (Å²) in [6, 6.07) is 13.6. The zero-order valence-electron chi connectivity index (χ0n) is 11.5. The largest absolute Gasteiger partial charge is 0.494 e. The molecule has 0 saturated heterocycles.